The second kappa shape index (κ2) is 6.96. The number of hydrogen-bond acceptors (Lipinski definition) is 7. The predicted molar refractivity (Wildman–Crippen MR) is 96.1 cm³/mol. The van der Waals surface area contributed by atoms with E-state index in [9.17, 15) is 15.3 Å². The van der Waals surface area contributed by atoms with Crippen molar-refractivity contribution < 1.29 is 19.4 Å². The van der Waals surface area contributed by atoms with Crippen LogP contribution in [0.25, 0.3) is 0 Å². The van der Waals surface area contributed by atoms with Crippen molar-refractivity contribution in [2.45, 2.75) is 19.8 Å². The predicted octanol–water partition coefficient (Wildman–Crippen LogP) is 2.02. The first-order valence-electron chi connectivity index (χ1n) is 8.27. The summed E-state index contributed by atoms with van der Waals surface area (Å²) in [5.74, 6) is 0.300. The molecule has 2 aromatic rings. The molecule has 0 amide bonds. The maximum atomic E-state index is 12.7. The van der Waals surface area contributed by atoms with Crippen molar-refractivity contribution in [1.82, 2.24) is 4.73 Å². The fourth-order valence-electron chi connectivity index (χ4n) is 3.11. The monoisotopic (exact) mass is 369 g/mol. The Morgan fingerprint density at radius 1 is 1.37 bits per heavy atom. The Balaban J connectivity index is 2.27. The number of methoxy groups -OCH3 is 1. The van der Waals surface area contributed by atoms with Gasteiger partial charge in [0.05, 0.1) is 30.9 Å². The highest BCUT2D eigenvalue weighted by Crippen LogP contribution is 2.42. The van der Waals surface area contributed by atoms with Gasteiger partial charge in [-0.05, 0) is 31.5 Å². The molecule has 8 heteroatoms. The van der Waals surface area contributed by atoms with Crippen molar-refractivity contribution in [2.75, 3.05) is 13.7 Å². The first kappa shape index (κ1) is 18.2. The molecule has 1 atom stereocenters. The topological polar surface area (TPSA) is 120 Å². The Labute approximate surface area is 155 Å². The third-order valence-electron chi connectivity index (χ3n) is 4.37. The number of nitrogens with zero attached hydrogens (tertiary/aromatic N) is 2. The summed E-state index contributed by atoms with van der Waals surface area (Å²) in [6.45, 7) is 3.87. The van der Waals surface area contributed by atoms with Crippen LogP contribution in [0.1, 0.15) is 29.7 Å². The first-order chi connectivity index (χ1) is 12.9. The lowest BCUT2D eigenvalue weighted by Gasteiger charge is -2.26. The van der Waals surface area contributed by atoms with E-state index in [1.54, 1.807) is 25.1 Å². The third-order valence-corrected chi connectivity index (χ3v) is 4.37. The Kier molecular flexibility index (Phi) is 4.69. The van der Waals surface area contributed by atoms with Gasteiger partial charge in [0.2, 0.25) is 5.88 Å². The molecule has 1 aliphatic rings. The first-order valence-corrected chi connectivity index (χ1v) is 8.27. The lowest BCUT2D eigenvalue weighted by Crippen LogP contribution is -2.31. The zero-order valence-electron chi connectivity index (χ0n) is 15.1. The Morgan fingerprint density at radius 2 is 2.11 bits per heavy atom. The minimum absolute atomic E-state index is 0.0784. The maximum Gasteiger partial charge on any atom is 0.291 e. The third kappa shape index (κ3) is 2.93. The largest absolute Gasteiger partial charge is 0.493 e. The number of ether oxygens (including phenoxy) is 3. The van der Waals surface area contributed by atoms with Gasteiger partial charge in [-0.25, -0.2) is 0 Å². The summed E-state index contributed by atoms with van der Waals surface area (Å²) in [6, 6.07) is 8.60. The van der Waals surface area contributed by atoms with Gasteiger partial charge in [0.15, 0.2) is 11.5 Å². The smallest absolute Gasteiger partial charge is 0.291 e. The minimum Gasteiger partial charge on any atom is -0.493 e. The van der Waals surface area contributed by atoms with Crippen LogP contribution >= 0.6 is 0 Å². The van der Waals surface area contributed by atoms with E-state index < -0.39 is 11.5 Å². The van der Waals surface area contributed by atoms with E-state index in [0.29, 0.717) is 28.4 Å². The molecule has 0 aliphatic carbocycles. The second-order valence-electron chi connectivity index (χ2n) is 5.95. The van der Waals surface area contributed by atoms with Gasteiger partial charge < -0.3 is 25.2 Å². The van der Waals surface area contributed by atoms with Crippen LogP contribution in [-0.4, -0.2) is 23.7 Å². The summed E-state index contributed by atoms with van der Waals surface area (Å²) in [5, 5.41) is 19.6. The number of pyridine rings is 1. The summed E-state index contributed by atoms with van der Waals surface area (Å²) in [4.78, 5) is 12.7. The molecule has 3 N–H and O–H groups in total. The molecule has 8 nitrogen and oxygen atoms in total. The summed E-state index contributed by atoms with van der Waals surface area (Å²) >= 11 is 0. The van der Waals surface area contributed by atoms with Crippen LogP contribution in [0.2, 0.25) is 0 Å². The van der Waals surface area contributed by atoms with Crippen molar-refractivity contribution in [3.63, 3.8) is 0 Å². The molecule has 0 fully saturated rings. The van der Waals surface area contributed by atoms with E-state index in [1.165, 1.54) is 13.2 Å². The van der Waals surface area contributed by atoms with Crippen molar-refractivity contribution in [2.24, 2.45) is 5.73 Å². The van der Waals surface area contributed by atoms with Gasteiger partial charge in [0.1, 0.15) is 17.4 Å². The molecular formula is C19H19N3O5. The number of benzene rings is 1. The van der Waals surface area contributed by atoms with Gasteiger partial charge in [-0.1, -0.05) is 6.07 Å². The van der Waals surface area contributed by atoms with E-state index in [0.717, 1.165) is 0 Å². The number of nitriles is 1. The SMILES string of the molecule is CCOc1ccc([C@H]2C(C#N)=C(N)Oc3cc(C)n(O)c(=O)c32)cc1OC. The standard InChI is InChI=1S/C19H19N3O5/c1-4-26-13-6-5-11(8-14(13)25-3)16-12(9-20)18(21)27-15-7-10(2)22(24)19(23)17(15)16/h5-8,16,24H,4,21H2,1-3H3/t16-/m0/s1. The molecule has 0 bridgehead atoms. The van der Waals surface area contributed by atoms with Gasteiger partial charge in [0.25, 0.3) is 5.56 Å². The van der Waals surface area contributed by atoms with E-state index in [-0.39, 0.29) is 28.5 Å². The highest BCUT2D eigenvalue weighted by molar-refractivity contribution is 5.57. The molecule has 1 aliphatic heterocycles. The highest BCUT2D eigenvalue weighted by Gasteiger charge is 2.35. The lowest BCUT2D eigenvalue weighted by atomic mass is 9.84. The average molecular weight is 369 g/mol. The fraction of sp³-hybridized carbons (Fsp3) is 0.263. The van der Waals surface area contributed by atoms with E-state index in [1.807, 2.05) is 13.0 Å². The molecule has 0 spiro atoms. The molecule has 0 radical (unpaired) electrons. The zero-order chi connectivity index (χ0) is 19.7. The summed E-state index contributed by atoms with van der Waals surface area (Å²) < 4.78 is 16.9. The molecule has 140 valence electrons. The number of aryl methyl sites for hydroxylation is 1. The normalized spacial score (nSPS) is 15.6. The quantitative estimate of drug-likeness (QED) is 0.791. The number of fused-ring (bicyclic) bond motifs is 1. The van der Waals surface area contributed by atoms with Crippen LogP contribution in [0, 0.1) is 18.3 Å². The molecule has 0 saturated carbocycles. The van der Waals surface area contributed by atoms with Crippen LogP contribution in [0.3, 0.4) is 0 Å². The molecule has 0 saturated heterocycles. The van der Waals surface area contributed by atoms with E-state index in [2.05, 4.69) is 0 Å². The van der Waals surface area contributed by atoms with Gasteiger partial charge in [-0.15, -0.1) is 0 Å². The molecule has 1 aromatic carbocycles. The van der Waals surface area contributed by atoms with Crippen molar-refractivity contribution in [1.29, 1.82) is 5.26 Å². The molecule has 0 unspecified atom stereocenters. The van der Waals surface area contributed by atoms with Crippen molar-refractivity contribution in [3.8, 4) is 23.3 Å². The van der Waals surface area contributed by atoms with Gasteiger partial charge >= 0.3 is 0 Å². The number of allylic oxidation sites excluding steroid dienone is 1. The Morgan fingerprint density at radius 3 is 2.74 bits per heavy atom. The van der Waals surface area contributed by atoms with Crippen LogP contribution in [-0.2, 0) is 0 Å². The van der Waals surface area contributed by atoms with Crippen molar-refractivity contribution >= 4 is 0 Å². The van der Waals surface area contributed by atoms with Crippen LogP contribution in [0.4, 0.5) is 0 Å². The van der Waals surface area contributed by atoms with Crippen LogP contribution in [0.5, 0.6) is 17.2 Å². The summed E-state index contributed by atoms with van der Waals surface area (Å²) in [7, 11) is 1.50. The second-order valence-corrected chi connectivity index (χ2v) is 5.95. The number of aromatic nitrogens is 1. The van der Waals surface area contributed by atoms with Gasteiger partial charge in [0, 0.05) is 6.07 Å². The Hall–Kier alpha value is -3.60. The molecule has 27 heavy (non-hydrogen) atoms. The van der Waals surface area contributed by atoms with Crippen molar-refractivity contribution in [3.05, 3.63) is 62.9 Å². The molecule has 2 heterocycles. The van der Waals surface area contributed by atoms with Crippen LogP contribution in [0.15, 0.2) is 40.5 Å². The number of hydrogen-bond donors (Lipinski definition) is 2. The van der Waals surface area contributed by atoms with Gasteiger partial charge in [-0.3, -0.25) is 4.79 Å². The van der Waals surface area contributed by atoms with Gasteiger partial charge in [-0.2, -0.15) is 9.99 Å². The average Bonchev–Trinajstić information content (AvgIpc) is 2.66. The fourth-order valence-corrected chi connectivity index (χ4v) is 3.11. The molecule has 3 rings (SSSR count). The molecular weight excluding hydrogens is 350 g/mol. The Bertz CT molecular complexity index is 1030. The minimum atomic E-state index is -0.810. The zero-order valence-corrected chi connectivity index (χ0v) is 15.1. The summed E-state index contributed by atoms with van der Waals surface area (Å²) in [5.41, 5.74) is 6.32. The summed E-state index contributed by atoms with van der Waals surface area (Å²) in [6.07, 6.45) is 0. The highest BCUT2D eigenvalue weighted by atomic mass is 16.5. The van der Waals surface area contributed by atoms with Crippen LogP contribution < -0.4 is 25.5 Å². The molecule has 1 aromatic heterocycles. The van der Waals surface area contributed by atoms with E-state index >= 15 is 0 Å². The lowest BCUT2D eigenvalue weighted by molar-refractivity contribution is 0.165. The van der Waals surface area contributed by atoms with E-state index in [4.69, 9.17) is 19.9 Å². The number of rotatable bonds is 4. The number of nitrogens with two attached hydrogens (primary N) is 1. The maximum absolute atomic E-state index is 12.7.